The number of pyridine rings is 1. The van der Waals surface area contributed by atoms with Crippen LogP contribution in [0.15, 0.2) is 59.9 Å². The van der Waals surface area contributed by atoms with E-state index in [0.29, 0.717) is 18.8 Å². The number of hydrogen-bond donors (Lipinski definition) is 1. The minimum atomic E-state index is -0.608. The van der Waals surface area contributed by atoms with Gasteiger partial charge in [-0.25, -0.2) is 10.0 Å². The SMILES string of the molecule is CC1N=C(C(=O)N2CCN(Cc3ccncc3)CC2)NN(c2ccccc2)C1=O. The second-order valence-electron chi connectivity index (χ2n) is 7.20. The van der Waals surface area contributed by atoms with Crippen LogP contribution in [0.3, 0.4) is 0 Å². The maximum Gasteiger partial charge on any atom is 0.290 e. The van der Waals surface area contributed by atoms with E-state index in [4.69, 9.17) is 0 Å². The first-order valence-electron chi connectivity index (χ1n) is 9.76. The number of amides is 2. The first kappa shape index (κ1) is 19.1. The Hall–Kier alpha value is -3.26. The summed E-state index contributed by atoms with van der Waals surface area (Å²) in [5.74, 6) is -0.146. The number of hydrogen-bond acceptors (Lipinski definition) is 6. The van der Waals surface area contributed by atoms with Gasteiger partial charge in [0.2, 0.25) is 5.84 Å². The predicted molar refractivity (Wildman–Crippen MR) is 110 cm³/mol. The molecule has 3 heterocycles. The van der Waals surface area contributed by atoms with Crippen LogP contribution in [0.25, 0.3) is 0 Å². The zero-order valence-corrected chi connectivity index (χ0v) is 16.4. The molecule has 0 spiro atoms. The molecule has 8 heteroatoms. The summed E-state index contributed by atoms with van der Waals surface area (Å²) in [6.45, 7) is 5.38. The third-order valence-electron chi connectivity index (χ3n) is 5.15. The van der Waals surface area contributed by atoms with Gasteiger partial charge >= 0.3 is 0 Å². The van der Waals surface area contributed by atoms with Gasteiger partial charge in [-0.15, -0.1) is 0 Å². The van der Waals surface area contributed by atoms with E-state index in [1.54, 1.807) is 24.2 Å². The van der Waals surface area contributed by atoms with Crippen molar-refractivity contribution in [3.8, 4) is 0 Å². The number of benzene rings is 1. The maximum absolute atomic E-state index is 13.0. The smallest absolute Gasteiger partial charge is 0.290 e. The molecular formula is C21H24N6O2. The number of carbonyl (C=O) groups is 2. The number of amidine groups is 1. The highest BCUT2D eigenvalue weighted by Crippen LogP contribution is 2.17. The summed E-state index contributed by atoms with van der Waals surface area (Å²) in [6, 6.07) is 12.6. The molecule has 150 valence electrons. The fourth-order valence-electron chi connectivity index (χ4n) is 3.50. The molecule has 4 rings (SSSR count). The Kier molecular flexibility index (Phi) is 5.53. The van der Waals surface area contributed by atoms with Gasteiger partial charge in [0, 0.05) is 45.1 Å². The highest BCUT2D eigenvalue weighted by molar-refractivity contribution is 6.39. The van der Waals surface area contributed by atoms with Crippen molar-refractivity contribution < 1.29 is 9.59 Å². The van der Waals surface area contributed by atoms with Crippen molar-refractivity contribution in [3.05, 3.63) is 60.4 Å². The first-order valence-corrected chi connectivity index (χ1v) is 9.76. The molecular weight excluding hydrogens is 368 g/mol. The average molecular weight is 392 g/mol. The Morgan fingerprint density at radius 2 is 1.76 bits per heavy atom. The maximum atomic E-state index is 13.0. The van der Waals surface area contributed by atoms with E-state index in [-0.39, 0.29) is 17.6 Å². The summed E-state index contributed by atoms with van der Waals surface area (Å²) in [6.07, 6.45) is 3.59. The molecule has 1 saturated heterocycles. The molecule has 29 heavy (non-hydrogen) atoms. The van der Waals surface area contributed by atoms with Crippen LogP contribution < -0.4 is 10.4 Å². The van der Waals surface area contributed by atoms with E-state index >= 15 is 0 Å². The normalized spacial score (nSPS) is 20.2. The van der Waals surface area contributed by atoms with Gasteiger partial charge < -0.3 is 4.90 Å². The Bertz CT molecular complexity index is 894. The molecule has 1 N–H and O–H groups in total. The van der Waals surface area contributed by atoms with Gasteiger partial charge in [-0.2, -0.15) is 0 Å². The van der Waals surface area contributed by atoms with Crippen LogP contribution in [-0.2, 0) is 16.1 Å². The Labute approximate surface area is 169 Å². The molecule has 0 radical (unpaired) electrons. The molecule has 0 saturated carbocycles. The molecule has 0 aliphatic carbocycles. The lowest BCUT2D eigenvalue weighted by Crippen LogP contribution is -2.60. The van der Waals surface area contributed by atoms with Crippen LogP contribution in [0.1, 0.15) is 12.5 Å². The van der Waals surface area contributed by atoms with Crippen molar-refractivity contribution >= 4 is 23.3 Å². The number of carbonyl (C=O) groups excluding carboxylic acids is 2. The second-order valence-corrected chi connectivity index (χ2v) is 7.20. The van der Waals surface area contributed by atoms with Gasteiger partial charge in [-0.3, -0.25) is 24.9 Å². The van der Waals surface area contributed by atoms with Crippen LogP contribution in [0, 0.1) is 0 Å². The third-order valence-corrected chi connectivity index (χ3v) is 5.15. The van der Waals surface area contributed by atoms with Crippen LogP contribution in [0.5, 0.6) is 0 Å². The molecule has 0 bridgehead atoms. The molecule has 1 aromatic heterocycles. The summed E-state index contributed by atoms with van der Waals surface area (Å²) in [4.78, 5) is 38.0. The van der Waals surface area contributed by atoms with Crippen LogP contribution in [-0.4, -0.2) is 64.7 Å². The number of hydrazine groups is 1. The van der Waals surface area contributed by atoms with Gasteiger partial charge in [0.1, 0.15) is 6.04 Å². The summed E-state index contributed by atoms with van der Waals surface area (Å²) >= 11 is 0. The van der Waals surface area contributed by atoms with Crippen molar-refractivity contribution in [1.29, 1.82) is 0 Å². The molecule has 1 fully saturated rings. The van der Waals surface area contributed by atoms with Gasteiger partial charge in [-0.05, 0) is 36.8 Å². The Morgan fingerprint density at radius 1 is 1.07 bits per heavy atom. The van der Waals surface area contributed by atoms with Crippen molar-refractivity contribution in [1.82, 2.24) is 20.2 Å². The number of nitrogens with zero attached hydrogens (tertiary/aromatic N) is 5. The summed E-state index contributed by atoms with van der Waals surface area (Å²) in [7, 11) is 0. The molecule has 1 atom stereocenters. The standard InChI is InChI=1S/C21H24N6O2/c1-16-20(28)27(18-5-3-2-4-6-18)24-19(23-16)21(29)26-13-11-25(12-14-26)15-17-7-9-22-10-8-17/h2-10,16H,11-15H2,1H3,(H,23,24). The quantitative estimate of drug-likeness (QED) is 0.842. The number of anilines is 1. The lowest BCUT2D eigenvalue weighted by atomic mass is 10.2. The molecule has 1 aromatic carbocycles. The minimum Gasteiger partial charge on any atom is -0.333 e. The van der Waals surface area contributed by atoms with Gasteiger partial charge in [0.25, 0.3) is 11.8 Å². The molecule has 2 aliphatic heterocycles. The summed E-state index contributed by atoms with van der Waals surface area (Å²) in [5.41, 5.74) is 4.82. The predicted octanol–water partition coefficient (Wildman–Crippen LogP) is 1.06. The molecule has 2 aliphatic rings. The zero-order chi connectivity index (χ0) is 20.2. The monoisotopic (exact) mass is 392 g/mol. The Balaban J connectivity index is 1.39. The number of aromatic nitrogens is 1. The number of nitrogens with one attached hydrogen (secondary N) is 1. The van der Waals surface area contributed by atoms with Gasteiger partial charge in [-0.1, -0.05) is 18.2 Å². The van der Waals surface area contributed by atoms with Gasteiger partial charge in [0.05, 0.1) is 5.69 Å². The van der Waals surface area contributed by atoms with Crippen molar-refractivity contribution in [2.75, 3.05) is 31.2 Å². The van der Waals surface area contributed by atoms with E-state index in [1.807, 2.05) is 42.5 Å². The highest BCUT2D eigenvalue weighted by Gasteiger charge is 2.33. The number of aliphatic imine (C=N–C) groups is 1. The second kappa shape index (κ2) is 8.40. The lowest BCUT2D eigenvalue weighted by Gasteiger charge is -2.37. The van der Waals surface area contributed by atoms with Crippen LogP contribution >= 0.6 is 0 Å². The fourth-order valence-corrected chi connectivity index (χ4v) is 3.50. The van der Waals surface area contributed by atoms with Crippen molar-refractivity contribution in [3.63, 3.8) is 0 Å². The molecule has 1 unspecified atom stereocenters. The lowest BCUT2D eigenvalue weighted by molar-refractivity contribution is -0.126. The van der Waals surface area contributed by atoms with E-state index < -0.39 is 6.04 Å². The van der Waals surface area contributed by atoms with Crippen molar-refractivity contribution in [2.45, 2.75) is 19.5 Å². The number of rotatable bonds is 4. The van der Waals surface area contributed by atoms with Crippen LogP contribution in [0.2, 0.25) is 0 Å². The molecule has 8 nitrogen and oxygen atoms in total. The fraction of sp³-hybridized carbons (Fsp3) is 0.333. The third kappa shape index (κ3) is 4.27. The highest BCUT2D eigenvalue weighted by atomic mass is 16.2. The largest absolute Gasteiger partial charge is 0.333 e. The molecule has 2 amide bonds. The van der Waals surface area contributed by atoms with E-state index in [1.165, 1.54) is 10.6 Å². The number of para-hydroxylation sites is 1. The van der Waals surface area contributed by atoms with Crippen LogP contribution in [0.4, 0.5) is 5.69 Å². The van der Waals surface area contributed by atoms with Crippen molar-refractivity contribution in [2.24, 2.45) is 4.99 Å². The van der Waals surface area contributed by atoms with E-state index in [0.717, 1.165) is 19.6 Å². The summed E-state index contributed by atoms with van der Waals surface area (Å²) in [5, 5.41) is 1.41. The Morgan fingerprint density at radius 3 is 2.45 bits per heavy atom. The number of piperazine rings is 1. The topological polar surface area (TPSA) is 81.1 Å². The zero-order valence-electron chi connectivity index (χ0n) is 16.4. The van der Waals surface area contributed by atoms with E-state index in [2.05, 4.69) is 20.3 Å². The molecule has 2 aromatic rings. The van der Waals surface area contributed by atoms with E-state index in [9.17, 15) is 9.59 Å². The first-order chi connectivity index (χ1) is 14.1. The minimum absolute atomic E-state index is 0.172. The average Bonchev–Trinajstić information content (AvgIpc) is 2.77. The summed E-state index contributed by atoms with van der Waals surface area (Å²) < 4.78 is 0. The van der Waals surface area contributed by atoms with Gasteiger partial charge in [0.15, 0.2) is 0 Å².